The quantitative estimate of drug-likeness (QED) is 0.0262. The van der Waals surface area contributed by atoms with Crippen LogP contribution in [0.25, 0.3) is 0 Å². The van der Waals surface area contributed by atoms with Crippen molar-refractivity contribution in [2.75, 3.05) is 13.2 Å². The second-order valence-electron chi connectivity index (χ2n) is 16.7. The molecule has 366 valence electrons. The van der Waals surface area contributed by atoms with Crippen molar-refractivity contribution in [3.8, 4) is 0 Å². The van der Waals surface area contributed by atoms with Crippen LogP contribution in [0.4, 0.5) is 0 Å². The van der Waals surface area contributed by atoms with E-state index < -0.39 is 6.10 Å². The zero-order chi connectivity index (χ0) is 47.2. The van der Waals surface area contributed by atoms with Gasteiger partial charge in [0, 0.05) is 19.3 Å². The standard InChI is InChI=1S/C59H94O6/c1-4-7-10-13-16-19-22-25-28-29-32-35-38-41-44-47-50-53-59(62)65-56(54-63-57(60)51-48-45-42-39-36-33-30-26-23-20-17-14-11-8-5-2)55-64-58(61)52-49-46-43-40-37-34-31-27-24-21-18-15-12-9-6-3/h7-8,10-11,16-21,25-28,30-32,35,41,44,56H,4-6,9,12-15,22-24,29,33-34,36-40,42-43,45-55H2,1-3H3/b10-7-,11-8-,19-16-,20-17-,21-18-,28-25-,30-26-,31-27-,35-32-,44-41-/t56-/m1/s1. The van der Waals surface area contributed by atoms with Crippen LogP contribution in [0.1, 0.15) is 213 Å². The Hall–Kier alpha value is -4.19. The van der Waals surface area contributed by atoms with E-state index in [1.807, 2.05) is 0 Å². The molecule has 0 amide bonds. The van der Waals surface area contributed by atoms with Crippen LogP contribution in [-0.2, 0) is 28.6 Å². The zero-order valence-electron chi connectivity index (χ0n) is 41.7. The van der Waals surface area contributed by atoms with Crippen molar-refractivity contribution in [2.45, 2.75) is 219 Å². The van der Waals surface area contributed by atoms with E-state index in [1.54, 1.807) is 0 Å². The van der Waals surface area contributed by atoms with Crippen LogP contribution >= 0.6 is 0 Å². The lowest BCUT2D eigenvalue weighted by molar-refractivity contribution is -0.167. The van der Waals surface area contributed by atoms with Gasteiger partial charge in [-0.3, -0.25) is 14.4 Å². The highest BCUT2D eigenvalue weighted by atomic mass is 16.6. The summed E-state index contributed by atoms with van der Waals surface area (Å²) in [6, 6.07) is 0. The Balaban J connectivity index is 4.56. The number of allylic oxidation sites excluding steroid dienone is 20. The molecule has 0 aromatic carbocycles. The van der Waals surface area contributed by atoms with Crippen LogP contribution in [0.2, 0.25) is 0 Å². The number of carbonyl (C=O) groups excluding carboxylic acids is 3. The normalized spacial score (nSPS) is 13.1. The molecule has 0 bridgehead atoms. The van der Waals surface area contributed by atoms with Gasteiger partial charge in [-0.25, -0.2) is 0 Å². The number of rotatable bonds is 45. The first kappa shape index (κ1) is 60.8. The van der Waals surface area contributed by atoms with Gasteiger partial charge in [0.15, 0.2) is 6.10 Å². The Labute approximate surface area is 399 Å². The molecule has 6 heteroatoms. The molecule has 0 unspecified atom stereocenters. The summed E-state index contributed by atoms with van der Waals surface area (Å²) >= 11 is 0. The Kier molecular flexibility index (Phi) is 49.1. The van der Waals surface area contributed by atoms with Crippen LogP contribution < -0.4 is 0 Å². The van der Waals surface area contributed by atoms with Crippen LogP contribution in [0.3, 0.4) is 0 Å². The number of unbranched alkanes of at least 4 members (excludes halogenated alkanes) is 14. The van der Waals surface area contributed by atoms with Crippen LogP contribution in [0, 0.1) is 0 Å². The summed E-state index contributed by atoms with van der Waals surface area (Å²) in [5.74, 6) is -1.01. The van der Waals surface area contributed by atoms with Gasteiger partial charge in [-0.1, -0.05) is 194 Å². The smallest absolute Gasteiger partial charge is 0.306 e. The molecule has 6 nitrogen and oxygen atoms in total. The topological polar surface area (TPSA) is 78.9 Å². The van der Waals surface area contributed by atoms with Crippen LogP contribution in [0.15, 0.2) is 122 Å². The summed E-state index contributed by atoms with van der Waals surface area (Å²) in [4.78, 5) is 38.0. The third-order valence-corrected chi connectivity index (χ3v) is 10.4. The van der Waals surface area contributed by atoms with Gasteiger partial charge in [-0.2, -0.15) is 0 Å². The maximum atomic E-state index is 12.8. The highest BCUT2D eigenvalue weighted by molar-refractivity contribution is 5.71. The number of ether oxygens (including phenoxy) is 3. The van der Waals surface area contributed by atoms with Gasteiger partial charge in [-0.05, 0) is 122 Å². The van der Waals surface area contributed by atoms with Crippen LogP contribution in [0.5, 0.6) is 0 Å². The molecule has 0 rings (SSSR count). The van der Waals surface area contributed by atoms with Crippen molar-refractivity contribution in [2.24, 2.45) is 0 Å². The lowest BCUT2D eigenvalue weighted by Gasteiger charge is -2.18. The molecule has 0 aliphatic heterocycles. The molecule has 0 heterocycles. The van der Waals surface area contributed by atoms with Crippen molar-refractivity contribution in [3.63, 3.8) is 0 Å². The molecule has 0 fully saturated rings. The lowest BCUT2D eigenvalue weighted by Crippen LogP contribution is -2.30. The predicted octanol–water partition coefficient (Wildman–Crippen LogP) is 17.3. The van der Waals surface area contributed by atoms with E-state index in [0.29, 0.717) is 19.3 Å². The van der Waals surface area contributed by atoms with Gasteiger partial charge in [0.05, 0.1) is 0 Å². The highest BCUT2D eigenvalue weighted by Crippen LogP contribution is 2.12. The fourth-order valence-electron chi connectivity index (χ4n) is 6.58. The van der Waals surface area contributed by atoms with Crippen molar-refractivity contribution in [1.29, 1.82) is 0 Å². The minimum atomic E-state index is -0.824. The van der Waals surface area contributed by atoms with E-state index >= 15 is 0 Å². The average Bonchev–Trinajstić information content (AvgIpc) is 3.30. The monoisotopic (exact) mass is 899 g/mol. The molecule has 0 aromatic rings. The van der Waals surface area contributed by atoms with Crippen LogP contribution in [-0.4, -0.2) is 37.2 Å². The molecule has 0 aliphatic carbocycles. The number of esters is 3. The van der Waals surface area contributed by atoms with Crippen molar-refractivity contribution in [3.05, 3.63) is 122 Å². The Morgan fingerprint density at radius 1 is 0.323 bits per heavy atom. The Morgan fingerprint density at radius 2 is 0.615 bits per heavy atom. The van der Waals surface area contributed by atoms with E-state index in [0.717, 1.165) is 141 Å². The second kappa shape index (κ2) is 52.4. The molecule has 0 saturated carbocycles. The summed E-state index contributed by atoms with van der Waals surface area (Å²) in [5.41, 5.74) is 0. The molecule has 0 aliphatic rings. The molecular formula is C59H94O6. The first-order chi connectivity index (χ1) is 32.0. The minimum Gasteiger partial charge on any atom is -0.462 e. The third kappa shape index (κ3) is 50.7. The SMILES string of the molecule is CC/C=C\C/C=C\C/C=C\C/C=C\C/C=C\CCCC(=O)O[C@H](COC(=O)CCCCCCC/C=C\C/C=C\C/C=C\CC)COC(=O)CCCCCCC/C=C\C/C=C\CCCCC. The number of carbonyl (C=O) groups is 3. The van der Waals surface area contributed by atoms with Gasteiger partial charge >= 0.3 is 17.9 Å². The van der Waals surface area contributed by atoms with Gasteiger partial charge in [0.2, 0.25) is 0 Å². The van der Waals surface area contributed by atoms with Gasteiger partial charge < -0.3 is 14.2 Å². The summed E-state index contributed by atoms with van der Waals surface area (Å²) < 4.78 is 16.7. The third-order valence-electron chi connectivity index (χ3n) is 10.4. The molecule has 0 saturated heterocycles. The molecule has 1 atom stereocenters. The maximum absolute atomic E-state index is 12.8. The van der Waals surface area contributed by atoms with Crippen molar-refractivity contribution >= 4 is 17.9 Å². The van der Waals surface area contributed by atoms with E-state index in [1.165, 1.54) is 25.7 Å². The summed E-state index contributed by atoms with van der Waals surface area (Å²) in [5, 5.41) is 0. The molecule has 0 aromatic heterocycles. The Morgan fingerprint density at radius 3 is 0.985 bits per heavy atom. The highest BCUT2D eigenvalue weighted by Gasteiger charge is 2.19. The van der Waals surface area contributed by atoms with E-state index in [9.17, 15) is 14.4 Å². The van der Waals surface area contributed by atoms with E-state index in [-0.39, 0.29) is 37.5 Å². The molecule has 0 spiro atoms. The molecule has 0 N–H and O–H groups in total. The van der Waals surface area contributed by atoms with E-state index in [4.69, 9.17) is 14.2 Å². The summed E-state index contributed by atoms with van der Waals surface area (Å²) in [6.45, 7) is 6.29. The summed E-state index contributed by atoms with van der Waals surface area (Å²) in [7, 11) is 0. The van der Waals surface area contributed by atoms with Gasteiger partial charge in [0.1, 0.15) is 13.2 Å². The van der Waals surface area contributed by atoms with Gasteiger partial charge in [0.25, 0.3) is 0 Å². The molecular weight excluding hydrogens is 805 g/mol. The zero-order valence-corrected chi connectivity index (χ0v) is 41.7. The van der Waals surface area contributed by atoms with E-state index in [2.05, 4.69) is 142 Å². The van der Waals surface area contributed by atoms with Crippen molar-refractivity contribution < 1.29 is 28.6 Å². The molecule has 65 heavy (non-hydrogen) atoms. The predicted molar refractivity (Wildman–Crippen MR) is 279 cm³/mol. The number of hydrogen-bond acceptors (Lipinski definition) is 6. The first-order valence-electron chi connectivity index (χ1n) is 26.0. The maximum Gasteiger partial charge on any atom is 0.306 e. The summed E-state index contributed by atoms with van der Waals surface area (Å²) in [6.07, 6.45) is 71.8. The fourth-order valence-corrected chi connectivity index (χ4v) is 6.58. The molecule has 0 radical (unpaired) electrons. The lowest BCUT2D eigenvalue weighted by atomic mass is 10.1. The minimum absolute atomic E-state index is 0.117. The second-order valence-corrected chi connectivity index (χ2v) is 16.7. The largest absolute Gasteiger partial charge is 0.462 e. The fraction of sp³-hybridized carbons (Fsp3) is 0.610. The average molecular weight is 899 g/mol. The number of hydrogen-bond donors (Lipinski definition) is 0. The van der Waals surface area contributed by atoms with Crippen molar-refractivity contribution in [1.82, 2.24) is 0 Å². The Bertz CT molecular complexity index is 1400. The first-order valence-corrected chi connectivity index (χ1v) is 26.0. The van der Waals surface area contributed by atoms with Gasteiger partial charge in [-0.15, -0.1) is 0 Å².